The van der Waals surface area contributed by atoms with Gasteiger partial charge in [0.05, 0.1) is 18.8 Å². The van der Waals surface area contributed by atoms with Crippen LogP contribution >= 0.6 is 0 Å². The fourth-order valence-corrected chi connectivity index (χ4v) is 2.58. The number of nitrogens with zero attached hydrogens (tertiary/aromatic N) is 2. The normalized spacial score (nSPS) is 18.8. The molecule has 0 atom stereocenters. The van der Waals surface area contributed by atoms with Gasteiger partial charge in [0.15, 0.2) is 0 Å². The van der Waals surface area contributed by atoms with Gasteiger partial charge in [-0.1, -0.05) is 0 Å². The predicted octanol–water partition coefficient (Wildman–Crippen LogP) is 1.52. The number of piperidine rings is 1. The molecule has 2 aliphatic rings. The summed E-state index contributed by atoms with van der Waals surface area (Å²) in [5, 5.41) is 7.54. The molecular formula is C20H28F2N6O3. The number of H-pyrrole nitrogens is 1. The Morgan fingerprint density at radius 3 is 2.58 bits per heavy atom. The monoisotopic (exact) mass is 438 g/mol. The number of ether oxygens (including phenoxy) is 1. The van der Waals surface area contributed by atoms with Crippen LogP contribution in [0.5, 0.6) is 0 Å². The van der Waals surface area contributed by atoms with Crippen LogP contribution in [0.3, 0.4) is 0 Å². The fourth-order valence-electron chi connectivity index (χ4n) is 2.58. The van der Waals surface area contributed by atoms with Crippen molar-refractivity contribution in [3.8, 4) is 0 Å². The van der Waals surface area contributed by atoms with E-state index >= 15 is 0 Å². The number of nitrogens with one attached hydrogen (secondary N) is 2. The molecule has 3 rings (SSSR count). The van der Waals surface area contributed by atoms with Crippen LogP contribution in [0.4, 0.5) is 14.5 Å². The summed E-state index contributed by atoms with van der Waals surface area (Å²) < 4.78 is 31.2. The van der Waals surface area contributed by atoms with Crippen molar-refractivity contribution in [1.29, 1.82) is 5.41 Å². The van der Waals surface area contributed by atoms with Crippen molar-refractivity contribution in [3.05, 3.63) is 40.8 Å². The third-order valence-corrected chi connectivity index (χ3v) is 4.63. The number of halogens is 2. The summed E-state index contributed by atoms with van der Waals surface area (Å²) in [6.45, 7) is 0.840. The van der Waals surface area contributed by atoms with Crippen molar-refractivity contribution < 1.29 is 18.3 Å². The minimum absolute atomic E-state index is 0.0271. The Bertz CT molecular complexity index is 870. The summed E-state index contributed by atoms with van der Waals surface area (Å²) in [5.74, 6) is -2.63. The summed E-state index contributed by atoms with van der Waals surface area (Å²) in [5.41, 5.74) is 10.8. The first-order valence-electron chi connectivity index (χ1n) is 9.94. The number of carbonyl (C=O) groups is 1. The average molecular weight is 438 g/mol. The number of amides is 1. The molecule has 1 saturated carbocycles. The molecule has 2 fully saturated rings. The molecule has 1 aliphatic heterocycles. The quantitative estimate of drug-likeness (QED) is 0.390. The van der Waals surface area contributed by atoms with Crippen LogP contribution in [-0.2, 0) is 9.53 Å². The predicted molar refractivity (Wildman–Crippen MR) is 114 cm³/mol. The van der Waals surface area contributed by atoms with Gasteiger partial charge < -0.3 is 21.2 Å². The van der Waals surface area contributed by atoms with Crippen LogP contribution in [0.25, 0.3) is 0 Å². The molecule has 31 heavy (non-hydrogen) atoms. The Labute approximate surface area is 178 Å². The van der Waals surface area contributed by atoms with E-state index in [1.807, 2.05) is 0 Å². The highest BCUT2D eigenvalue weighted by Crippen LogP contribution is 2.29. The number of likely N-dealkylation sites (tertiary alicyclic amines) is 1. The molecule has 1 aromatic heterocycles. The first-order chi connectivity index (χ1) is 14.6. The van der Waals surface area contributed by atoms with E-state index in [1.54, 1.807) is 23.2 Å². The lowest BCUT2D eigenvalue weighted by Crippen LogP contribution is -2.41. The summed E-state index contributed by atoms with van der Waals surface area (Å²) in [6, 6.07) is 3.23. The smallest absolute Gasteiger partial charge is 0.271 e. The Morgan fingerprint density at radius 2 is 2.03 bits per heavy atom. The van der Waals surface area contributed by atoms with Gasteiger partial charge in [0, 0.05) is 38.2 Å². The van der Waals surface area contributed by atoms with Gasteiger partial charge in [-0.3, -0.25) is 19.9 Å². The molecule has 0 unspecified atom stereocenters. The zero-order chi connectivity index (χ0) is 22.9. The number of rotatable bonds is 6. The van der Waals surface area contributed by atoms with Crippen LogP contribution in [0.15, 0.2) is 40.3 Å². The minimum atomic E-state index is -2.63. The van der Waals surface area contributed by atoms with Gasteiger partial charge in [0.2, 0.25) is 5.90 Å². The van der Waals surface area contributed by atoms with Gasteiger partial charge >= 0.3 is 0 Å². The van der Waals surface area contributed by atoms with Crippen LogP contribution in [0, 0.1) is 11.3 Å². The summed E-state index contributed by atoms with van der Waals surface area (Å²) >= 11 is 0. The molecule has 1 saturated heterocycles. The van der Waals surface area contributed by atoms with E-state index in [4.69, 9.17) is 21.6 Å². The number of anilines is 1. The van der Waals surface area contributed by atoms with Gasteiger partial charge in [-0.2, -0.15) is 4.99 Å². The first kappa shape index (κ1) is 24.2. The molecule has 11 heteroatoms. The minimum Gasteiger partial charge on any atom is -0.478 e. The lowest BCUT2D eigenvalue weighted by molar-refractivity contribution is -0.121. The van der Waals surface area contributed by atoms with E-state index in [1.165, 1.54) is 12.2 Å². The lowest BCUT2D eigenvalue weighted by Gasteiger charge is -2.30. The number of aromatic nitrogens is 1. The van der Waals surface area contributed by atoms with E-state index < -0.39 is 11.8 Å². The number of amidine groups is 1. The number of pyridine rings is 1. The number of aromatic amines is 1. The SMILES string of the molecule is N=C(/C=C\C(N)=NC(=O)CN1CCC(F)(F)CC1)OCC1CC1.Nc1ccc[nH]c1=O. The lowest BCUT2D eigenvalue weighted by atomic mass is 10.1. The maximum absolute atomic E-state index is 13.0. The maximum Gasteiger partial charge on any atom is 0.271 e. The number of hydrogen-bond acceptors (Lipinski definition) is 6. The molecule has 2 heterocycles. The zero-order valence-corrected chi connectivity index (χ0v) is 17.2. The third kappa shape index (κ3) is 9.98. The molecule has 1 aromatic rings. The number of alkyl halides is 2. The molecule has 0 bridgehead atoms. The van der Waals surface area contributed by atoms with Gasteiger partial charge in [0.25, 0.3) is 17.4 Å². The molecular weight excluding hydrogens is 410 g/mol. The van der Waals surface area contributed by atoms with E-state index in [0.29, 0.717) is 12.5 Å². The van der Waals surface area contributed by atoms with Crippen LogP contribution in [-0.4, -0.2) is 59.7 Å². The molecule has 1 amide bonds. The van der Waals surface area contributed by atoms with E-state index in [0.717, 1.165) is 12.8 Å². The van der Waals surface area contributed by atoms with Crippen LogP contribution in [0.2, 0.25) is 0 Å². The molecule has 1 aliphatic carbocycles. The highest BCUT2D eigenvalue weighted by Gasteiger charge is 2.34. The molecule has 9 nitrogen and oxygen atoms in total. The Hall–Kier alpha value is -3.08. The topological polar surface area (TPSA) is 151 Å². The van der Waals surface area contributed by atoms with Crippen molar-refractivity contribution in [1.82, 2.24) is 9.88 Å². The maximum atomic E-state index is 13.0. The third-order valence-electron chi connectivity index (χ3n) is 4.63. The van der Waals surface area contributed by atoms with Crippen molar-refractivity contribution in [2.24, 2.45) is 16.6 Å². The molecule has 0 spiro atoms. The van der Waals surface area contributed by atoms with E-state index in [-0.39, 0.29) is 55.5 Å². The second-order valence-electron chi connectivity index (χ2n) is 7.47. The largest absolute Gasteiger partial charge is 0.478 e. The van der Waals surface area contributed by atoms with Crippen molar-refractivity contribution in [2.45, 2.75) is 31.6 Å². The number of carbonyl (C=O) groups excluding carboxylic acids is 1. The average Bonchev–Trinajstić information content (AvgIpc) is 3.54. The van der Waals surface area contributed by atoms with E-state index in [2.05, 4.69) is 9.98 Å². The van der Waals surface area contributed by atoms with Crippen molar-refractivity contribution in [3.63, 3.8) is 0 Å². The second kappa shape index (κ2) is 11.3. The second-order valence-corrected chi connectivity index (χ2v) is 7.47. The number of aliphatic imine (C=N–C) groups is 1. The number of nitrogens with two attached hydrogens (primary N) is 2. The number of nitrogen functional groups attached to an aromatic ring is 1. The Balaban J connectivity index is 0.000000357. The van der Waals surface area contributed by atoms with Gasteiger partial charge in [-0.05, 0) is 37.0 Å². The van der Waals surface area contributed by atoms with Crippen LogP contribution < -0.4 is 17.0 Å². The van der Waals surface area contributed by atoms with Gasteiger partial charge in [0.1, 0.15) is 5.84 Å². The first-order valence-corrected chi connectivity index (χ1v) is 9.94. The molecule has 0 radical (unpaired) electrons. The highest BCUT2D eigenvalue weighted by atomic mass is 19.3. The zero-order valence-electron chi connectivity index (χ0n) is 17.2. The summed E-state index contributed by atoms with van der Waals surface area (Å²) in [4.78, 5) is 29.9. The molecule has 0 aromatic carbocycles. The summed E-state index contributed by atoms with van der Waals surface area (Å²) in [7, 11) is 0. The molecule has 6 N–H and O–H groups in total. The van der Waals surface area contributed by atoms with Crippen LogP contribution in [0.1, 0.15) is 25.7 Å². The molecule has 170 valence electrons. The van der Waals surface area contributed by atoms with Gasteiger partial charge in [-0.25, -0.2) is 8.78 Å². The summed E-state index contributed by atoms with van der Waals surface area (Å²) in [6.07, 6.45) is 6.00. The Kier molecular flexibility index (Phi) is 8.86. The fraction of sp³-hybridized carbons (Fsp3) is 0.500. The van der Waals surface area contributed by atoms with Crippen molar-refractivity contribution in [2.75, 3.05) is 32.0 Å². The van der Waals surface area contributed by atoms with E-state index in [9.17, 15) is 18.4 Å². The standard InChI is InChI=1S/C15H22F2N4O2.C5H6N2O/c16-15(17)5-7-21(8-6-15)9-14(22)20-12(18)3-4-13(19)23-10-11-1-2-11;6-4-2-1-3-7-5(4)8/h3-4,11,19H,1-2,5-10H2,(H2,18,20,22);1-3H,6H2,(H,7,8)/b4-3-,19-13?;. The number of hydrogen-bond donors (Lipinski definition) is 4. The Morgan fingerprint density at radius 1 is 1.35 bits per heavy atom. The van der Waals surface area contributed by atoms with Crippen molar-refractivity contribution >= 4 is 23.3 Å². The van der Waals surface area contributed by atoms with Gasteiger partial charge in [-0.15, -0.1) is 0 Å². The highest BCUT2D eigenvalue weighted by molar-refractivity contribution is 6.03.